The first-order valence-electron chi connectivity index (χ1n) is 7.92. The van der Waals surface area contributed by atoms with Crippen LogP contribution in [0.2, 0.25) is 0 Å². The van der Waals surface area contributed by atoms with Crippen LogP contribution in [0.3, 0.4) is 0 Å². The van der Waals surface area contributed by atoms with E-state index in [1.165, 1.54) is 11.0 Å². The summed E-state index contributed by atoms with van der Waals surface area (Å²) < 4.78 is 25.3. The Hall–Kier alpha value is -2.92. The molecule has 0 N–H and O–H groups in total. The number of anilines is 1. The fraction of sp³-hybridized carbons (Fsp3) is 0.278. The standard InChI is InChI=1S/C18H20N4O3S/c1-21(11-8-15-6-9-20-10-7-15)18(23)14-22(26(2,24)25)17-5-3-4-16(12-17)13-19/h3-7,9-10,12H,8,11,14H2,1-2H3. The Morgan fingerprint density at radius 3 is 2.54 bits per heavy atom. The first-order valence-corrected chi connectivity index (χ1v) is 9.77. The number of aromatic nitrogens is 1. The van der Waals surface area contributed by atoms with Gasteiger partial charge in [0.2, 0.25) is 15.9 Å². The van der Waals surface area contributed by atoms with Crippen molar-refractivity contribution in [3.63, 3.8) is 0 Å². The van der Waals surface area contributed by atoms with Crippen molar-refractivity contribution in [3.05, 3.63) is 59.9 Å². The van der Waals surface area contributed by atoms with Crippen LogP contribution >= 0.6 is 0 Å². The zero-order valence-corrected chi connectivity index (χ0v) is 15.5. The van der Waals surface area contributed by atoms with Crippen molar-refractivity contribution in [1.29, 1.82) is 5.26 Å². The number of carbonyl (C=O) groups excluding carboxylic acids is 1. The Morgan fingerprint density at radius 2 is 1.92 bits per heavy atom. The number of nitrogens with zero attached hydrogens (tertiary/aromatic N) is 4. The van der Waals surface area contributed by atoms with Gasteiger partial charge < -0.3 is 4.90 Å². The highest BCUT2D eigenvalue weighted by Crippen LogP contribution is 2.19. The summed E-state index contributed by atoms with van der Waals surface area (Å²) in [6, 6.07) is 11.9. The van der Waals surface area contributed by atoms with Gasteiger partial charge in [0.1, 0.15) is 6.54 Å². The van der Waals surface area contributed by atoms with Gasteiger partial charge in [-0.1, -0.05) is 6.07 Å². The van der Waals surface area contributed by atoms with Gasteiger partial charge in [-0.2, -0.15) is 5.26 Å². The van der Waals surface area contributed by atoms with E-state index in [0.717, 1.165) is 16.1 Å². The molecule has 2 rings (SSSR count). The molecule has 0 aliphatic carbocycles. The minimum atomic E-state index is -3.67. The number of carbonyl (C=O) groups is 1. The molecule has 0 aliphatic rings. The Labute approximate surface area is 153 Å². The van der Waals surface area contributed by atoms with Crippen LogP contribution in [0.25, 0.3) is 0 Å². The average Bonchev–Trinajstić information content (AvgIpc) is 2.63. The smallest absolute Gasteiger partial charge is 0.243 e. The van der Waals surface area contributed by atoms with Crippen LogP contribution in [0, 0.1) is 11.3 Å². The van der Waals surface area contributed by atoms with E-state index in [4.69, 9.17) is 5.26 Å². The van der Waals surface area contributed by atoms with Gasteiger partial charge in [-0.25, -0.2) is 8.42 Å². The van der Waals surface area contributed by atoms with Gasteiger partial charge >= 0.3 is 0 Å². The first-order chi connectivity index (χ1) is 12.3. The second-order valence-corrected chi connectivity index (χ2v) is 7.76. The van der Waals surface area contributed by atoms with Crippen molar-refractivity contribution in [2.75, 3.05) is 30.7 Å². The van der Waals surface area contributed by atoms with Crippen LogP contribution in [-0.2, 0) is 21.2 Å². The normalized spacial score (nSPS) is 10.8. The molecule has 2 aromatic rings. The van der Waals surface area contributed by atoms with E-state index in [-0.39, 0.29) is 12.5 Å². The maximum Gasteiger partial charge on any atom is 0.243 e. The van der Waals surface area contributed by atoms with Gasteiger partial charge in [0, 0.05) is 26.0 Å². The monoisotopic (exact) mass is 372 g/mol. The number of sulfonamides is 1. The van der Waals surface area contributed by atoms with Gasteiger partial charge in [-0.3, -0.25) is 14.1 Å². The van der Waals surface area contributed by atoms with E-state index >= 15 is 0 Å². The lowest BCUT2D eigenvalue weighted by molar-refractivity contribution is -0.128. The lowest BCUT2D eigenvalue weighted by Gasteiger charge is -2.25. The molecule has 0 unspecified atom stereocenters. The molecule has 0 aliphatic heterocycles. The highest BCUT2D eigenvalue weighted by atomic mass is 32.2. The summed E-state index contributed by atoms with van der Waals surface area (Å²) in [6.45, 7) is 0.138. The van der Waals surface area contributed by atoms with Crippen molar-refractivity contribution in [2.24, 2.45) is 0 Å². The maximum absolute atomic E-state index is 12.5. The number of hydrogen-bond acceptors (Lipinski definition) is 5. The summed E-state index contributed by atoms with van der Waals surface area (Å²) in [5.41, 5.74) is 1.67. The average molecular weight is 372 g/mol. The maximum atomic E-state index is 12.5. The molecule has 0 radical (unpaired) electrons. The molecule has 1 heterocycles. The third-order valence-electron chi connectivity index (χ3n) is 3.85. The molecule has 0 saturated heterocycles. The van der Waals surface area contributed by atoms with Crippen molar-refractivity contribution < 1.29 is 13.2 Å². The highest BCUT2D eigenvalue weighted by Gasteiger charge is 2.22. The SMILES string of the molecule is CN(CCc1ccncc1)C(=O)CN(c1cccc(C#N)c1)S(C)(=O)=O. The van der Waals surface area contributed by atoms with Crippen molar-refractivity contribution >= 4 is 21.6 Å². The Kier molecular flexibility index (Phi) is 6.31. The van der Waals surface area contributed by atoms with E-state index in [1.807, 2.05) is 18.2 Å². The van der Waals surface area contributed by atoms with Gasteiger partial charge in [0.05, 0.1) is 23.6 Å². The number of nitriles is 1. The summed E-state index contributed by atoms with van der Waals surface area (Å²) in [5.74, 6) is -0.327. The Balaban J connectivity index is 2.10. The van der Waals surface area contributed by atoms with E-state index in [9.17, 15) is 13.2 Å². The molecule has 1 aromatic carbocycles. The van der Waals surface area contributed by atoms with E-state index in [1.54, 1.807) is 37.6 Å². The number of pyridine rings is 1. The van der Waals surface area contributed by atoms with E-state index in [2.05, 4.69) is 4.98 Å². The lowest BCUT2D eigenvalue weighted by atomic mass is 10.2. The number of amides is 1. The van der Waals surface area contributed by atoms with Crippen LogP contribution in [-0.4, -0.2) is 50.6 Å². The Bertz CT molecular complexity index is 908. The topological polar surface area (TPSA) is 94.4 Å². The van der Waals surface area contributed by atoms with Gasteiger partial charge in [0.25, 0.3) is 0 Å². The molecule has 1 aromatic heterocycles. The molecule has 0 fully saturated rings. The minimum absolute atomic E-state index is 0.294. The van der Waals surface area contributed by atoms with Crippen LogP contribution in [0.5, 0.6) is 0 Å². The molecule has 7 nitrogen and oxygen atoms in total. The van der Waals surface area contributed by atoms with Crippen LogP contribution in [0.4, 0.5) is 5.69 Å². The molecule has 0 bridgehead atoms. The van der Waals surface area contributed by atoms with Gasteiger partial charge in [0.15, 0.2) is 0 Å². The van der Waals surface area contributed by atoms with Crippen LogP contribution < -0.4 is 4.31 Å². The molecule has 0 spiro atoms. The van der Waals surface area contributed by atoms with Crippen LogP contribution in [0.1, 0.15) is 11.1 Å². The zero-order valence-electron chi connectivity index (χ0n) is 14.7. The van der Waals surface area contributed by atoms with E-state index in [0.29, 0.717) is 24.2 Å². The third-order valence-corrected chi connectivity index (χ3v) is 4.99. The lowest BCUT2D eigenvalue weighted by Crippen LogP contribution is -2.41. The predicted molar refractivity (Wildman–Crippen MR) is 98.9 cm³/mol. The second kappa shape index (κ2) is 8.45. The molecule has 8 heteroatoms. The number of benzene rings is 1. The summed E-state index contributed by atoms with van der Waals surface area (Å²) in [6.07, 6.45) is 5.05. The molecule has 0 atom stereocenters. The molecular formula is C18H20N4O3S. The van der Waals surface area contributed by atoms with Crippen LogP contribution in [0.15, 0.2) is 48.8 Å². The van der Waals surface area contributed by atoms with Crippen molar-refractivity contribution in [1.82, 2.24) is 9.88 Å². The first kappa shape index (κ1) is 19.4. The predicted octanol–water partition coefficient (Wildman–Crippen LogP) is 1.42. The molecular weight excluding hydrogens is 352 g/mol. The summed E-state index contributed by atoms with van der Waals surface area (Å²) >= 11 is 0. The molecule has 0 saturated carbocycles. The quantitative estimate of drug-likeness (QED) is 0.733. The highest BCUT2D eigenvalue weighted by molar-refractivity contribution is 7.92. The fourth-order valence-electron chi connectivity index (χ4n) is 2.35. The summed E-state index contributed by atoms with van der Waals surface area (Å²) in [5, 5.41) is 9.00. The van der Waals surface area contributed by atoms with Gasteiger partial charge in [-0.15, -0.1) is 0 Å². The second-order valence-electron chi connectivity index (χ2n) is 5.85. The van der Waals surface area contributed by atoms with E-state index < -0.39 is 10.0 Å². The van der Waals surface area contributed by atoms with Gasteiger partial charge in [-0.05, 0) is 42.3 Å². The third kappa shape index (κ3) is 5.29. The van der Waals surface area contributed by atoms with Crippen molar-refractivity contribution in [2.45, 2.75) is 6.42 Å². The fourth-order valence-corrected chi connectivity index (χ4v) is 3.19. The number of likely N-dealkylation sites (N-methyl/N-ethyl adjacent to an activating group) is 1. The number of hydrogen-bond donors (Lipinski definition) is 0. The minimum Gasteiger partial charge on any atom is -0.344 e. The zero-order chi connectivity index (χ0) is 19.2. The summed E-state index contributed by atoms with van der Waals surface area (Å²) in [4.78, 5) is 17.9. The van der Waals surface area contributed by atoms with Crippen molar-refractivity contribution in [3.8, 4) is 6.07 Å². The molecule has 1 amide bonds. The Morgan fingerprint density at radius 1 is 1.23 bits per heavy atom. The summed E-state index contributed by atoms with van der Waals surface area (Å²) in [7, 11) is -2.04. The molecule has 136 valence electrons. The molecule has 26 heavy (non-hydrogen) atoms. The largest absolute Gasteiger partial charge is 0.344 e. The number of rotatable bonds is 7.